The number of halogens is 1. The Morgan fingerprint density at radius 2 is 2.00 bits per heavy atom. The monoisotopic (exact) mass is 326 g/mol. The number of hydrogen-bond acceptors (Lipinski definition) is 3. The summed E-state index contributed by atoms with van der Waals surface area (Å²) in [4.78, 5) is 2.75. The summed E-state index contributed by atoms with van der Waals surface area (Å²) >= 11 is 0. The lowest BCUT2D eigenvalue weighted by Gasteiger charge is -2.50. The molecule has 0 unspecified atom stereocenters. The van der Waals surface area contributed by atoms with Crippen LogP contribution in [0.5, 0.6) is 0 Å². The van der Waals surface area contributed by atoms with Gasteiger partial charge in [-0.1, -0.05) is 19.3 Å². The molecule has 0 radical (unpaired) electrons. The van der Waals surface area contributed by atoms with Crippen molar-refractivity contribution in [2.45, 2.75) is 71.0 Å². The second kappa shape index (κ2) is 7.33. The van der Waals surface area contributed by atoms with Crippen LogP contribution in [0, 0.1) is 6.92 Å². The predicted octanol–water partition coefficient (Wildman–Crippen LogP) is 3.30. The summed E-state index contributed by atoms with van der Waals surface area (Å²) in [6.07, 6.45) is 9.18. The molecule has 3 rings (SSSR count). The molecule has 2 heterocycles. The van der Waals surface area contributed by atoms with Crippen molar-refractivity contribution in [3.8, 4) is 0 Å². The van der Waals surface area contributed by atoms with Crippen LogP contribution < -0.4 is 5.32 Å². The third kappa shape index (κ3) is 3.50. The van der Waals surface area contributed by atoms with E-state index in [0.29, 0.717) is 11.6 Å². The molecule has 2 aliphatic rings. The van der Waals surface area contributed by atoms with Crippen LogP contribution in [0.4, 0.5) is 0 Å². The van der Waals surface area contributed by atoms with Gasteiger partial charge in [0.2, 0.25) is 0 Å². The third-order valence-electron chi connectivity index (χ3n) is 5.38. The molecule has 4 nitrogen and oxygen atoms in total. The van der Waals surface area contributed by atoms with Gasteiger partial charge in [0.05, 0.1) is 5.69 Å². The van der Waals surface area contributed by atoms with E-state index in [1.54, 1.807) is 0 Å². The minimum absolute atomic E-state index is 0. The molecule has 1 aliphatic carbocycles. The van der Waals surface area contributed by atoms with Crippen molar-refractivity contribution in [1.29, 1.82) is 0 Å². The molecule has 2 fully saturated rings. The quantitative estimate of drug-likeness (QED) is 0.925. The van der Waals surface area contributed by atoms with Gasteiger partial charge in [0, 0.05) is 49.5 Å². The van der Waals surface area contributed by atoms with Gasteiger partial charge in [-0.2, -0.15) is 5.10 Å². The van der Waals surface area contributed by atoms with Crippen LogP contribution in [0.2, 0.25) is 0 Å². The number of piperazine rings is 1. The molecule has 0 bridgehead atoms. The number of aromatic nitrogens is 2. The molecule has 1 aliphatic heterocycles. The molecule has 5 heteroatoms. The van der Waals surface area contributed by atoms with Crippen LogP contribution in [-0.4, -0.2) is 39.9 Å². The Labute approximate surface area is 141 Å². The van der Waals surface area contributed by atoms with Gasteiger partial charge in [-0.25, -0.2) is 0 Å². The van der Waals surface area contributed by atoms with Gasteiger partial charge in [0.1, 0.15) is 0 Å². The highest BCUT2D eigenvalue weighted by Gasteiger charge is 2.39. The number of hydrogen-bond donors (Lipinski definition) is 1. The highest BCUT2D eigenvalue weighted by molar-refractivity contribution is 5.85. The Morgan fingerprint density at radius 1 is 1.27 bits per heavy atom. The molecule has 0 aromatic carbocycles. The first-order chi connectivity index (χ1) is 10.1. The van der Waals surface area contributed by atoms with Crippen molar-refractivity contribution in [3.63, 3.8) is 0 Å². The lowest BCUT2D eigenvalue weighted by Crippen LogP contribution is -2.61. The van der Waals surface area contributed by atoms with Crippen molar-refractivity contribution in [1.82, 2.24) is 20.0 Å². The zero-order valence-corrected chi connectivity index (χ0v) is 15.1. The fourth-order valence-electron chi connectivity index (χ4n) is 3.98. The van der Waals surface area contributed by atoms with Crippen LogP contribution in [0.25, 0.3) is 0 Å². The van der Waals surface area contributed by atoms with E-state index >= 15 is 0 Å². The van der Waals surface area contributed by atoms with Gasteiger partial charge in [-0.15, -0.1) is 12.4 Å². The summed E-state index contributed by atoms with van der Waals surface area (Å²) in [5.41, 5.74) is 3.02. The predicted molar refractivity (Wildman–Crippen MR) is 93.7 cm³/mol. The normalized spacial score (nSPS) is 22.0. The minimum atomic E-state index is 0. The van der Waals surface area contributed by atoms with Gasteiger partial charge in [-0.05, 0) is 33.6 Å². The van der Waals surface area contributed by atoms with Crippen LogP contribution >= 0.6 is 12.4 Å². The van der Waals surface area contributed by atoms with E-state index in [-0.39, 0.29) is 12.4 Å². The van der Waals surface area contributed by atoms with Crippen molar-refractivity contribution in [3.05, 3.63) is 17.5 Å². The van der Waals surface area contributed by atoms with E-state index in [2.05, 4.69) is 47.0 Å². The average molecular weight is 327 g/mol. The number of aryl methyl sites for hydroxylation is 1. The molecule has 1 aromatic rings. The Hall–Kier alpha value is -0.580. The van der Waals surface area contributed by atoms with E-state index in [4.69, 9.17) is 0 Å². The number of nitrogens with one attached hydrogen (secondary N) is 1. The van der Waals surface area contributed by atoms with Crippen molar-refractivity contribution < 1.29 is 0 Å². The highest BCUT2D eigenvalue weighted by Crippen LogP contribution is 2.35. The van der Waals surface area contributed by atoms with E-state index < -0.39 is 0 Å². The zero-order valence-electron chi connectivity index (χ0n) is 14.3. The van der Waals surface area contributed by atoms with E-state index in [1.807, 2.05) is 0 Å². The molecule has 126 valence electrons. The number of nitrogens with zero attached hydrogens (tertiary/aromatic N) is 3. The van der Waals surface area contributed by atoms with E-state index in [0.717, 1.165) is 13.1 Å². The molecular weight excluding hydrogens is 296 g/mol. The van der Waals surface area contributed by atoms with E-state index in [1.165, 1.54) is 56.5 Å². The first kappa shape index (κ1) is 17.8. The van der Waals surface area contributed by atoms with Crippen LogP contribution in [-0.2, 0) is 6.54 Å². The first-order valence-corrected chi connectivity index (χ1v) is 8.61. The van der Waals surface area contributed by atoms with Gasteiger partial charge >= 0.3 is 0 Å². The average Bonchev–Trinajstić information content (AvgIpc) is 2.84. The Balaban J connectivity index is 0.00000176. The smallest absolute Gasteiger partial charge is 0.0638 e. The molecule has 1 saturated carbocycles. The lowest BCUT2D eigenvalue weighted by molar-refractivity contribution is 0.0207. The Bertz CT molecular complexity index is 469. The maximum absolute atomic E-state index is 4.68. The van der Waals surface area contributed by atoms with Gasteiger partial charge in [0.15, 0.2) is 0 Å². The fourth-order valence-corrected chi connectivity index (χ4v) is 3.98. The number of rotatable bonds is 3. The standard InChI is InChI=1S/C17H30N4.ClH/c1-14(2)21-12-16(15(3)19-21)11-20-10-9-18-13-17(20)7-5-4-6-8-17;/h12,14,18H,4-11,13H2,1-3H3;1H. The highest BCUT2D eigenvalue weighted by atomic mass is 35.5. The molecule has 0 amide bonds. The van der Waals surface area contributed by atoms with Gasteiger partial charge < -0.3 is 5.32 Å². The Kier molecular flexibility index (Phi) is 5.92. The van der Waals surface area contributed by atoms with Crippen molar-refractivity contribution in [2.24, 2.45) is 0 Å². The van der Waals surface area contributed by atoms with E-state index in [9.17, 15) is 0 Å². The van der Waals surface area contributed by atoms with Crippen molar-refractivity contribution in [2.75, 3.05) is 19.6 Å². The van der Waals surface area contributed by atoms with Gasteiger partial charge in [0.25, 0.3) is 0 Å². The van der Waals surface area contributed by atoms with Gasteiger partial charge in [-0.3, -0.25) is 9.58 Å². The molecule has 0 atom stereocenters. The molecule has 1 spiro atoms. The maximum atomic E-state index is 4.68. The van der Waals surface area contributed by atoms with Crippen LogP contribution in [0.15, 0.2) is 6.20 Å². The molecular formula is C17H31ClN4. The minimum Gasteiger partial charge on any atom is -0.314 e. The topological polar surface area (TPSA) is 33.1 Å². The van der Waals surface area contributed by atoms with Crippen molar-refractivity contribution >= 4 is 12.4 Å². The SMILES string of the molecule is Cc1nn(C(C)C)cc1CN1CCNCC12CCCCC2.Cl. The molecule has 1 N–H and O–H groups in total. The van der Waals surface area contributed by atoms with Crippen LogP contribution in [0.3, 0.4) is 0 Å². The second-order valence-corrected chi connectivity index (χ2v) is 7.20. The lowest BCUT2D eigenvalue weighted by atomic mass is 9.79. The first-order valence-electron chi connectivity index (χ1n) is 8.61. The molecule has 1 aromatic heterocycles. The summed E-state index contributed by atoms with van der Waals surface area (Å²) < 4.78 is 2.11. The zero-order chi connectivity index (χ0) is 14.9. The van der Waals surface area contributed by atoms with Crippen LogP contribution in [0.1, 0.15) is 63.3 Å². The Morgan fingerprint density at radius 3 is 2.64 bits per heavy atom. The largest absolute Gasteiger partial charge is 0.314 e. The maximum Gasteiger partial charge on any atom is 0.0638 e. The fraction of sp³-hybridized carbons (Fsp3) is 0.824. The summed E-state index contributed by atoms with van der Waals surface area (Å²) in [5, 5.41) is 8.32. The second-order valence-electron chi connectivity index (χ2n) is 7.20. The summed E-state index contributed by atoms with van der Waals surface area (Å²) in [6, 6.07) is 0.448. The third-order valence-corrected chi connectivity index (χ3v) is 5.38. The molecule has 1 saturated heterocycles. The summed E-state index contributed by atoms with van der Waals surface area (Å²) in [6.45, 7) is 11.1. The summed E-state index contributed by atoms with van der Waals surface area (Å²) in [7, 11) is 0. The summed E-state index contributed by atoms with van der Waals surface area (Å²) in [5.74, 6) is 0. The molecule has 22 heavy (non-hydrogen) atoms.